The summed E-state index contributed by atoms with van der Waals surface area (Å²) in [5.41, 5.74) is -0.0809. The predicted octanol–water partition coefficient (Wildman–Crippen LogP) is 1.79. The molecule has 1 atom stereocenters. The summed E-state index contributed by atoms with van der Waals surface area (Å²) in [4.78, 5) is 34.6. The highest BCUT2D eigenvalue weighted by atomic mass is 16.6. The molecule has 1 aromatic carbocycles. The van der Waals surface area contributed by atoms with Gasteiger partial charge < -0.3 is 20.1 Å². The van der Waals surface area contributed by atoms with Crippen LogP contribution in [0.15, 0.2) is 24.3 Å². The maximum Gasteiger partial charge on any atom is 0.408 e. The zero-order valence-corrected chi connectivity index (χ0v) is 15.4. The second-order valence-electron chi connectivity index (χ2n) is 6.61. The Labute approximate surface area is 152 Å². The molecule has 0 aliphatic carbocycles. The lowest BCUT2D eigenvalue weighted by Gasteiger charge is -2.23. The number of ether oxygens (including phenoxy) is 2. The van der Waals surface area contributed by atoms with Crippen molar-refractivity contribution in [1.82, 2.24) is 10.6 Å². The van der Waals surface area contributed by atoms with E-state index >= 15 is 0 Å². The monoisotopic (exact) mass is 367 g/mol. The number of hydrogen-bond donors (Lipinski definition) is 2. The molecule has 0 fully saturated rings. The normalized spacial score (nSPS) is 12.2. The van der Waals surface area contributed by atoms with E-state index < -0.39 is 28.6 Å². The van der Waals surface area contributed by atoms with Gasteiger partial charge in [-0.15, -0.1) is 0 Å². The average molecular weight is 367 g/mol. The number of non-ortho nitro benzene ring substituents is 1. The summed E-state index contributed by atoms with van der Waals surface area (Å²) in [5.74, 6) is -0.397. The Bertz CT molecular complexity index is 624. The number of nitro benzene ring substituents is 1. The molecule has 0 saturated carbocycles. The summed E-state index contributed by atoms with van der Waals surface area (Å²) >= 11 is 0. The molecule has 9 nitrogen and oxygen atoms in total. The molecule has 2 N–H and O–H groups in total. The van der Waals surface area contributed by atoms with Gasteiger partial charge in [0.25, 0.3) is 5.69 Å². The Balaban J connectivity index is 2.83. The fourth-order valence-electron chi connectivity index (χ4n) is 2.05. The van der Waals surface area contributed by atoms with Crippen molar-refractivity contribution in [2.24, 2.45) is 0 Å². The van der Waals surface area contributed by atoms with Gasteiger partial charge in [0.05, 0.1) is 11.5 Å². The molecule has 0 bridgehead atoms. The Kier molecular flexibility index (Phi) is 7.98. The molecule has 26 heavy (non-hydrogen) atoms. The van der Waals surface area contributed by atoms with Crippen LogP contribution < -0.4 is 10.6 Å². The number of benzene rings is 1. The molecule has 0 saturated heterocycles. The first-order valence-corrected chi connectivity index (χ1v) is 8.12. The number of carbonyl (C=O) groups is 2. The van der Waals surface area contributed by atoms with E-state index in [4.69, 9.17) is 9.47 Å². The lowest BCUT2D eigenvalue weighted by atomic mass is 10.0. The first kappa shape index (κ1) is 21.4. The van der Waals surface area contributed by atoms with Gasteiger partial charge in [0, 0.05) is 32.2 Å². The molecule has 9 heteroatoms. The summed E-state index contributed by atoms with van der Waals surface area (Å²) in [6.07, 6.45) is -0.554. The third kappa shape index (κ3) is 7.93. The molecule has 2 amide bonds. The van der Waals surface area contributed by atoms with Crippen LogP contribution >= 0.6 is 0 Å². The third-order valence-electron chi connectivity index (χ3n) is 3.20. The third-order valence-corrected chi connectivity index (χ3v) is 3.20. The summed E-state index contributed by atoms with van der Waals surface area (Å²) in [6, 6.07) is 4.91. The van der Waals surface area contributed by atoms with Gasteiger partial charge in [0.1, 0.15) is 11.6 Å². The van der Waals surface area contributed by atoms with Crippen LogP contribution in [-0.4, -0.2) is 48.8 Å². The zero-order chi connectivity index (χ0) is 19.7. The second kappa shape index (κ2) is 9.71. The van der Waals surface area contributed by atoms with Crippen molar-refractivity contribution in [3.05, 3.63) is 39.9 Å². The van der Waals surface area contributed by atoms with E-state index in [1.54, 1.807) is 32.9 Å². The van der Waals surface area contributed by atoms with Crippen LogP contribution in [0.5, 0.6) is 0 Å². The van der Waals surface area contributed by atoms with Crippen molar-refractivity contribution in [2.45, 2.75) is 38.8 Å². The standard InChI is InChI=1S/C17H25N3O6/c1-17(2,3)26-16(22)19-14(15(21)18-9-10-25-4)11-12-5-7-13(8-6-12)20(23)24/h5-8,14H,9-11H2,1-4H3,(H,18,21)(H,19,22). The Morgan fingerprint density at radius 2 is 1.85 bits per heavy atom. The van der Waals surface area contributed by atoms with Gasteiger partial charge in [-0.05, 0) is 26.3 Å². The molecule has 1 unspecified atom stereocenters. The number of nitrogens with zero attached hydrogens (tertiary/aromatic N) is 1. The van der Waals surface area contributed by atoms with E-state index in [9.17, 15) is 19.7 Å². The van der Waals surface area contributed by atoms with Crippen molar-refractivity contribution in [2.75, 3.05) is 20.3 Å². The Hall–Kier alpha value is -2.68. The van der Waals surface area contributed by atoms with Crippen molar-refractivity contribution >= 4 is 17.7 Å². The number of alkyl carbamates (subject to hydrolysis) is 1. The molecular weight excluding hydrogens is 342 g/mol. The van der Waals surface area contributed by atoms with E-state index in [1.807, 2.05) is 0 Å². The van der Waals surface area contributed by atoms with Crippen molar-refractivity contribution < 1.29 is 24.0 Å². The number of methoxy groups -OCH3 is 1. The number of amides is 2. The molecule has 0 aliphatic heterocycles. The number of nitro groups is 1. The van der Waals surface area contributed by atoms with E-state index in [-0.39, 0.29) is 12.1 Å². The van der Waals surface area contributed by atoms with Gasteiger partial charge >= 0.3 is 6.09 Å². The van der Waals surface area contributed by atoms with Gasteiger partial charge in [0.15, 0.2) is 0 Å². The highest BCUT2D eigenvalue weighted by Crippen LogP contribution is 2.14. The second-order valence-corrected chi connectivity index (χ2v) is 6.61. The lowest BCUT2D eigenvalue weighted by molar-refractivity contribution is -0.384. The summed E-state index contributed by atoms with van der Waals surface area (Å²) < 4.78 is 10.1. The van der Waals surface area contributed by atoms with Gasteiger partial charge in [0.2, 0.25) is 5.91 Å². The van der Waals surface area contributed by atoms with E-state index in [1.165, 1.54) is 19.2 Å². The number of nitrogens with one attached hydrogen (secondary N) is 2. The topological polar surface area (TPSA) is 120 Å². The number of rotatable bonds is 8. The quantitative estimate of drug-likeness (QED) is 0.411. The molecule has 144 valence electrons. The Morgan fingerprint density at radius 1 is 1.23 bits per heavy atom. The van der Waals surface area contributed by atoms with Gasteiger partial charge in [-0.1, -0.05) is 12.1 Å². The maximum absolute atomic E-state index is 12.4. The number of hydrogen-bond acceptors (Lipinski definition) is 6. The van der Waals surface area contributed by atoms with Crippen LogP contribution in [0.4, 0.5) is 10.5 Å². The molecule has 1 rings (SSSR count). The van der Waals surface area contributed by atoms with Crippen molar-refractivity contribution in [1.29, 1.82) is 0 Å². The summed E-state index contributed by atoms with van der Waals surface area (Å²) in [5, 5.41) is 15.9. The molecule has 0 aliphatic rings. The molecule has 0 aromatic heterocycles. The first-order chi connectivity index (χ1) is 12.1. The molecule has 0 spiro atoms. The summed E-state index contributed by atoms with van der Waals surface area (Å²) in [6.45, 7) is 5.79. The van der Waals surface area contributed by atoms with Gasteiger partial charge in [-0.2, -0.15) is 0 Å². The predicted molar refractivity (Wildman–Crippen MR) is 94.8 cm³/mol. The first-order valence-electron chi connectivity index (χ1n) is 8.12. The average Bonchev–Trinajstić information content (AvgIpc) is 2.53. The van der Waals surface area contributed by atoms with Gasteiger partial charge in [-0.3, -0.25) is 14.9 Å². The van der Waals surface area contributed by atoms with Crippen LogP contribution in [0.25, 0.3) is 0 Å². The minimum atomic E-state index is -0.886. The van der Waals surface area contributed by atoms with Crippen LogP contribution in [0.3, 0.4) is 0 Å². The van der Waals surface area contributed by atoms with E-state index in [0.29, 0.717) is 18.7 Å². The smallest absolute Gasteiger partial charge is 0.408 e. The van der Waals surface area contributed by atoms with Crippen molar-refractivity contribution in [3.63, 3.8) is 0 Å². The van der Waals surface area contributed by atoms with Gasteiger partial charge in [-0.25, -0.2) is 4.79 Å². The largest absolute Gasteiger partial charge is 0.444 e. The molecule has 0 radical (unpaired) electrons. The van der Waals surface area contributed by atoms with Crippen LogP contribution in [0.2, 0.25) is 0 Å². The lowest BCUT2D eigenvalue weighted by Crippen LogP contribution is -2.49. The molecular formula is C17H25N3O6. The minimum Gasteiger partial charge on any atom is -0.444 e. The fourth-order valence-corrected chi connectivity index (χ4v) is 2.05. The minimum absolute atomic E-state index is 0.0463. The highest BCUT2D eigenvalue weighted by Gasteiger charge is 2.24. The van der Waals surface area contributed by atoms with Crippen molar-refractivity contribution in [3.8, 4) is 0 Å². The zero-order valence-electron chi connectivity index (χ0n) is 15.4. The highest BCUT2D eigenvalue weighted by molar-refractivity contribution is 5.86. The fraction of sp³-hybridized carbons (Fsp3) is 0.529. The van der Waals surface area contributed by atoms with E-state index in [0.717, 1.165) is 0 Å². The van der Waals surface area contributed by atoms with E-state index in [2.05, 4.69) is 10.6 Å². The molecule has 0 heterocycles. The Morgan fingerprint density at radius 3 is 2.35 bits per heavy atom. The number of carbonyl (C=O) groups excluding carboxylic acids is 2. The van der Waals surface area contributed by atoms with Crippen LogP contribution in [0.1, 0.15) is 26.3 Å². The van der Waals surface area contributed by atoms with Crippen LogP contribution in [0, 0.1) is 10.1 Å². The van der Waals surface area contributed by atoms with Crippen LogP contribution in [-0.2, 0) is 20.7 Å². The summed E-state index contributed by atoms with van der Waals surface area (Å²) in [7, 11) is 1.51. The molecule has 1 aromatic rings. The SMILES string of the molecule is COCCNC(=O)C(Cc1ccc([N+](=O)[O-])cc1)NC(=O)OC(C)(C)C. The maximum atomic E-state index is 12.4.